The fraction of sp³-hybridized carbons (Fsp3) is 0.643. The zero-order valence-corrected chi connectivity index (χ0v) is 11.5. The normalized spacial score (nSPS) is 13.2. The summed E-state index contributed by atoms with van der Waals surface area (Å²) >= 11 is 0. The van der Waals surface area contributed by atoms with Crippen molar-refractivity contribution in [1.82, 2.24) is 4.98 Å². The van der Waals surface area contributed by atoms with Crippen molar-refractivity contribution in [3.05, 3.63) is 24.0 Å². The molecule has 1 unspecified atom stereocenters. The number of rotatable bonds is 5. The molecule has 1 rings (SSSR count). The lowest BCUT2D eigenvalue weighted by atomic mass is 10.1. The van der Waals surface area contributed by atoms with Gasteiger partial charge in [0.2, 0.25) is 0 Å². The van der Waals surface area contributed by atoms with Gasteiger partial charge in [-0.3, -0.25) is 4.98 Å². The molecule has 17 heavy (non-hydrogen) atoms. The van der Waals surface area contributed by atoms with Crippen molar-refractivity contribution >= 4 is 5.69 Å². The van der Waals surface area contributed by atoms with Crippen LogP contribution in [0.15, 0.2) is 18.3 Å². The smallest absolute Gasteiger partial charge is 0.0931 e. The van der Waals surface area contributed by atoms with Gasteiger partial charge in [0.1, 0.15) is 0 Å². The van der Waals surface area contributed by atoms with Gasteiger partial charge in [-0.1, -0.05) is 13.8 Å². The number of aliphatic hydroxyl groups is 1. The van der Waals surface area contributed by atoms with Gasteiger partial charge in [0.25, 0.3) is 0 Å². The van der Waals surface area contributed by atoms with Crippen LogP contribution in [0.2, 0.25) is 0 Å². The van der Waals surface area contributed by atoms with Crippen LogP contribution in [0.1, 0.15) is 46.4 Å². The highest BCUT2D eigenvalue weighted by atomic mass is 16.3. The monoisotopic (exact) mass is 236 g/mol. The third-order valence-electron chi connectivity index (χ3n) is 2.72. The van der Waals surface area contributed by atoms with Gasteiger partial charge >= 0.3 is 0 Å². The number of hydrogen-bond acceptors (Lipinski definition) is 3. The molecule has 0 aromatic carbocycles. The highest BCUT2D eigenvalue weighted by Gasteiger charge is 2.13. The molecule has 3 heteroatoms. The van der Waals surface area contributed by atoms with Crippen LogP contribution >= 0.6 is 0 Å². The lowest BCUT2D eigenvalue weighted by molar-refractivity contribution is 0.194. The van der Waals surface area contributed by atoms with E-state index in [1.54, 1.807) is 6.92 Å². The Kier molecular flexibility index (Phi) is 4.94. The summed E-state index contributed by atoms with van der Waals surface area (Å²) < 4.78 is 0. The summed E-state index contributed by atoms with van der Waals surface area (Å²) in [5, 5.41) is 9.43. The number of aromatic nitrogens is 1. The third kappa shape index (κ3) is 4.00. The fourth-order valence-electron chi connectivity index (χ4n) is 1.82. The van der Waals surface area contributed by atoms with Gasteiger partial charge in [0.15, 0.2) is 0 Å². The minimum atomic E-state index is -0.498. The first-order chi connectivity index (χ1) is 7.91. The van der Waals surface area contributed by atoms with E-state index in [1.807, 2.05) is 18.3 Å². The second kappa shape index (κ2) is 6.01. The van der Waals surface area contributed by atoms with E-state index in [4.69, 9.17) is 0 Å². The van der Waals surface area contributed by atoms with Crippen molar-refractivity contribution in [2.75, 3.05) is 11.4 Å². The van der Waals surface area contributed by atoms with Gasteiger partial charge in [-0.2, -0.15) is 0 Å². The molecule has 0 aliphatic heterocycles. The summed E-state index contributed by atoms with van der Waals surface area (Å²) in [6, 6.07) is 4.39. The van der Waals surface area contributed by atoms with Crippen LogP contribution in [0.3, 0.4) is 0 Å². The van der Waals surface area contributed by atoms with Gasteiger partial charge in [-0.25, -0.2) is 0 Å². The van der Waals surface area contributed by atoms with E-state index in [2.05, 4.69) is 37.6 Å². The van der Waals surface area contributed by atoms with E-state index in [9.17, 15) is 5.11 Å². The largest absolute Gasteiger partial charge is 0.387 e. The van der Waals surface area contributed by atoms with Gasteiger partial charge < -0.3 is 10.0 Å². The maximum absolute atomic E-state index is 9.43. The van der Waals surface area contributed by atoms with Gasteiger partial charge in [0.05, 0.1) is 23.7 Å². The maximum atomic E-state index is 9.43. The molecule has 1 aromatic rings. The molecule has 0 spiro atoms. The molecule has 1 atom stereocenters. The van der Waals surface area contributed by atoms with Crippen molar-refractivity contribution in [2.24, 2.45) is 5.92 Å². The summed E-state index contributed by atoms with van der Waals surface area (Å²) in [7, 11) is 0. The Morgan fingerprint density at radius 1 is 1.18 bits per heavy atom. The van der Waals surface area contributed by atoms with Gasteiger partial charge in [-0.15, -0.1) is 0 Å². The first-order valence-electron chi connectivity index (χ1n) is 6.32. The predicted molar refractivity (Wildman–Crippen MR) is 72.2 cm³/mol. The maximum Gasteiger partial charge on any atom is 0.0931 e. The topological polar surface area (TPSA) is 36.4 Å². The lowest BCUT2D eigenvalue weighted by Crippen LogP contribution is -2.34. The lowest BCUT2D eigenvalue weighted by Gasteiger charge is -2.30. The van der Waals surface area contributed by atoms with E-state index in [0.717, 1.165) is 17.9 Å². The van der Waals surface area contributed by atoms with Crippen LogP contribution in [0.4, 0.5) is 5.69 Å². The highest BCUT2D eigenvalue weighted by Crippen LogP contribution is 2.19. The van der Waals surface area contributed by atoms with Crippen molar-refractivity contribution < 1.29 is 5.11 Å². The average molecular weight is 236 g/mol. The molecular weight excluding hydrogens is 212 g/mol. The quantitative estimate of drug-likeness (QED) is 0.853. The molecule has 0 radical (unpaired) electrons. The van der Waals surface area contributed by atoms with Crippen molar-refractivity contribution in [1.29, 1.82) is 0 Å². The molecule has 0 amide bonds. The molecule has 0 aliphatic carbocycles. The fourth-order valence-corrected chi connectivity index (χ4v) is 1.82. The molecule has 0 fully saturated rings. The zero-order valence-electron chi connectivity index (χ0n) is 11.5. The van der Waals surface area contributed by atoms with Gasteiger partial charge in [0, 0.05) is 12.6 Å². The highest BCUT2D eigenvalue weighted by molar-refractivity contribution is 5.45. The van der Waals surface area contributed by atoms with E-state index < -0.39 is 6.10 Å². The van der Waals surface area contributed by atoms with Crippen molar-refractivity contribution in [2.45, 2.75) is 46.8 Å². The summed E-state index contributed by atoms with van der Waals surface area (Å²) in [5.74, 6) is 0.619. The molecular formula is C14H24N2O. The van der Waals surface area contributed by atoms with Crippen LogP contribution < -0.4 is 4.90 Å². The standard InChI is InChI=1S/C14H24N2O/c1-10(2)9-16(11(3)4)13-6-7-14(12(5)17)15-8-13/h6-8,10-12,17H,9H2,1-5H3. The predicted octanol–water partition coefficient (Wildman–Crippen LogP) is 3.01. The number of hydrogen-bond donors (Lipinski definition) is 1. The summed E-state index contributed by atoms with van der Waals surface area (Å²) in [6.07, 6.45) is 1.35. The van der Waals surface area contributed by atoms with Crippen LogP contribution in [-0.4, -0.2) is 22.7 Å². The van der Waals surface area contributed by atoms with Crippen molar-refractivity contribution in [3.63, 3.8) is 0 Å². The first-order valence-corrected chi connectivity index (χ1v) is 6.32. The Balaban J connectivity index is 2.87. The molecule has 96 valence electrons. The molecule has 3 nitrogen and oxygen atoms in total. The molecule has 1 aromatic heterocycles. The SMILES string of the molecule is CC(C)CN(c1ccc(C(C)O)nc1)C(C)C. The molecule has 0 saturated heterocycles. The van der Waals surface area contributed by atoms with Crippen LogP contribution in [0.25, 0.3) is 0 Å². The molecule has 1 heterocycles. The second-order valence-electron chi connectivity index (χ2n) is 5.26. The summed E-state index contributed by atoms with van der Waals surface area (Å²) in [6.45, 7) is 11.6. The number of pyridine rings is 1. The minimum Gasteiger partial charge on any atom is -0.387 e. The zero-order chi connectivity index (χ0) is 13.0. The van der Waals surface area contributed by atoms with Crippen LogP contribution in [-0.2, 0) is 0 Å². The molecule has 0 bridgehead atoms. The Hall–Kier alpha value is -1.09. The Morgan fingerprint density at radius 2 is 1.82 bits per heavy atom. The Morgan fingerprint density at radius 3 is 2.18 bits per heavy atom. The Labute approximate surface area is 104 Å². The Bertz CT molecular complexity index is 331. The minimum absolute atomic E-state index is 0.455. The molecule has 0 aliphatic rings. The average Bonchev–Trinajstić information content (AvgIpc) is 2.25. The van der Waals surface area contributed by atoms with Crippen LogP contribution in [0.5, 0.6) is 0 Å². The molecule has 0 saturated carbocycles. The van der Waals surface area contributed by atoms with Crippen molar-refractivity contribution in [3.8, 4) is 0 Å². The van der Waals surface area contributed by atoms with E-state index in [1.165, 1.54) is 0 Å². The third-order valence-corrected chi connectivity index (χ3v) is 2.72. The molecule has 1 N–H and O–H groups in total. The van der Waals surface area contributed by atoms with E-state index in [-0.39, 0.29) is 0 Å². The second-order valence-corrected chi connectivity index (χ2v) is 5.26. The number of anilines is 1. The van der Waals surface area contributed by atoms with Crippen LogP contribution in [0, 0.1) is 5.92 Å². The van der Waals surface area contributed by atoms with Gasteiger partial charge in [-0.05, 0) is 38.8 Å². The number of nitrogens with zero attached hydrogens (tertiary/aromatic N) is 2. The first kappa shape index (κ1) is 14.0. The summed E-state index contributed by atoms with van der Waals surface area (Å²) in [5.41, 5.74) is 1.85. The summed E-state index contributed by atoms with van der Waals surface area (Å²) in [4.78, 5) is 6.63. The number of aliphatic hydroxyl groups excluding tert-OH is 1. The van der Waals surface area contributed by atoms with E-state index in [0.29, 0.717) is 12.0 Å². The van der Waals surface area contributed by atoms with E-state index >= 15 is 0 Å².